The van der Waals surface area contributed by atoms with Gasteiger partial charge in [-0.25, -0.2) is 0 Å². The smallest absolute Gasteiger partial charge is 0.121 e. The van der Waals surface area contributed by atoms with Crippen molar-refractivity contribution in [1.29, 1.82) is 0 Å². The van der Waals surface area contributed by atoms with Gasteiger partial charge in [0.15, 0.2) is 0 Å². The van der Waals surface area contributed by atoms with Gasteiger partial charge in [0.05, 0.1) is 12.7 Å². The zero-order chi connectivity index (χ0) is 12.0. The molecule has 1 aromatic rings. The maximum absolute atomic E-state index is 9.93. The highest BCUT2D eigenvalue weighted by molar-refractivity contribution is 5.39. The molecule has 1 atom stereocenters. The van der Waals surface area contributed by atoms with E-state index in [1.165, 1.54) is 6.07 Å². The van der Waals surface area contributed by atoms with Crippen molar-refractivity contribution in [1.82, 2.24) is 0 Å². The molecule has 0 bridgehead atoms. The molecule has 1 unspecified atom stereocenters. The Bertz CT molecular complexity index is 347. The van der Waals surface area contributed by atoms with Crippen molar-refractivity contribution in [2.24, 2.45) is 0 Å². The molecule has 0 amide bonds. The van der Waals surface area contributed by atoms with Gasteiger partial charge in [0, 0.05) is 5.56 Å². The van der Waals surface area contributed by atoms with Crippen molar-refractivity contribution in [2.75, 3.05) is 0 Å². The van der Waals surface area contributed by atoms with Gasteiger partial charge >= 0.3 is 0 Å². The minimum absolute atomic E-state index is 0.0303. The molecular weight excluding hydrogens is 204 g/mol. The summed E-state index contributed by atoms with van der Waals surface area (Å²) in [7, 11) is 0. The number of aliphatic hydroxyl groups is 2. The largest absolute Gasteiger partial charge is 0.508 e. The molecule has 16 heavy (non-hydrogen) atoms. The predicted octanol–water partition coefficient (Wildman–Crippen LogP) is 2.27. The molecule has 0 aliphatic heterocycles. The Morgan fingerprint density at radius 3 is 2.75 bits per heavy atom. The molecule has 0 fully saturated rings. The second-order valence-electron chi connectivity index (χ2n) is 3.74. The summed E-state index contributed by atoms with van der Waals surface area (Å²) in [5, 5.41) is 28.6. The molecule has 3 heteroatoms. The third-order valence-corrected chi connectivity index (χ3v) is 2.59. The van der Waals surface area contributed by atoms with Crippen LogP contribution in [0.25, 0.3) is 0 Å². The van der Waals surface area contributed by atoms with Gasteiger partial charge in [-0.2, -0.15) is 0 Å². The lowest BCUT2D eigenvalue weighted by Gasteiger charge is -2.15. The summed E-state index contributed by atoms with van der Waals surface area (Å²) in [6.07, 6.45) is 3.45. The molecule has 1 rings (SSSR count). The van der Waals surface area contributed by atoms with E-state index < -0.39 is 6.10 Å². The number of aromatic hydroxyl groups is 1. The lowest BCUT2D eigenvalue weighted by molar-refractivity contribution is 0.160. The summed E-state index contributed by atoms with van der Waals surface area (Å²) in [4.78, 5) is 0. The Morgan fingerprint density at radius 1 is 1.38 bits per heavy atom. The third-order valence-electron chi connectivity index (χ3n) is 2.59. The molecule has 3 nitrogen and oxygen atoms in total. The van der Waals surface area contributed by atoms with Gasteiger partial charge in [-0.1, -0.05) is 18.2 Å². The van der Waals surface area contributed by atoms with E-state index in [4.69, 9.17) is 5.11 Å². The summed E-state index contributed by atoms with van der Waals surface area (Å²) < 4.78 is 0. The van der Waals surface area contributed by atoms with Crippen molar-refractivity contribution < 1.29 is 15.3 Å². The van der Waals surface area contributed by atoms with Crippen LogP contribution in [0.2, 0.25) is 0 Å². The highest BCUT2D eigenvalue weighted by Crippen LogP contribution is 2.28. The fourth-order valence-electron chi connectivity index (χ4n) is 1.69. The molecule has 0 heterocycles. The van der Waals surface area contributed by atoms with Crippen LogP contribution < -0.4 is 0 Å². The number of hydrogen-bond acceptors (Lipinski definition) is 3. The van der Waals surface area contributed by atoms with E-state index in [0.29, 0.717) is 17.5 Å². The standard InChI is InChI=1S/C13H18O3/c1-2-3-4-7-12(15)10-6-5-8-13(16)11(10)9-14/h2,5-6,8,12,14-16H,1,3-4,7,9H2. The highest BCUT2D eigenvalue weighted by atomic mass is 16.3. The van der Waals surface area contributed by atoms with Crippen molar-refractivity contribution >= 4 is 0 Å². The Balaban J connectivity index is 2.77. The van der Waals surface area contributed by atoms with Gasteiger partial charge in [0.25, 0.3) is 0 Å². The minimum atomic E-state index is -0.644. The second kappa shape index (κ2) is 6.30. The quantitative estimate of drug-likeness (QED) is 0.511. The average Bonchev–Trinajstić information content (AvgIpc) is 2.29. The van der Waals surface area contributed by atoms with E-state index in [1.54, 1.807) is 12.1 Å². The number of phenols is 1. The van der Waals surface area contributed by atoms with Crippen molar-refractivity contribution in [2.45, 2.75) is 32.0 Å². The summed E-state index contributed by atoms with van der Waals surface area (Å²) in [5.41, 5.74) is 1.01. The maximum Gasteiger partial charge on any atom is 0.121 e. The van der Waals surface area contributed by atoms with Gasteiger partial charge < -0.3 is 15.3 Å². The molecule has 0 saturated heterocycles. The van der Waals surface area contributed by atoms with Crippen LogP contribution in [0.1, 0.15) is 36.5 Å². The molecule has 0 spiro atoms. The number of allylic oxidation sites excluding steroid dienone is 1. The van der Waals surface area contributed by atoms with Crippen molar-refractivity contribution in [3.63, 3.8) is 0 Å². The lowest BCUT2D eigenvalue weighted by atomic mass is 9.98. The number of aliphatic hydroxyl groups excluding tert-OH is 2. The first kappa shape index (κ1) is 12.7. The van der Waals surface area contributed by atoms with Crippen LogP contribution in [-0.4, -0.2) is 15.3 Å². The van der Waals surface area contributed by atoms with Crippen LogP contribution in [0, 0.1) is 0 Å². The molecule has 0 aromatic heterocycles. The first-order chi connectivity index (χ1) is 7.70. The SMILES string of the molecule is C=CCCCC(O)c1cccc(O)c1CO. The number of hydrogen-bond donors (Lipinski definition) is 3. The number of rotatable bonds is 6. The molecule has 88 valence electrons. The Morgan fingerprint density at radius 2 is 2.12 bits per heavy atom. The summed E-state index contributed by atoms with van der Waals surface area (Å²) >= 11 is 0. The van der Waals surface area contributed by atoms with E-state index in [1.807, 2.05) is 6.08 Å². The monoisotopic (exact) mass is 222 g/mol. The Hall–Kier alpha value is -1.32. The van der Waals surface area contributed by atoms with Crippen molar-refractivity contribution in [3.05, 3.63) is 42.0 Å². The van der Waals surface area contributed by atoms with Crippen molar-refractivity contribution in [3.8, 4) is 5.75 Å². The van der Waals surface area contributed by atoms with Gasteiger partial charge in [0.2, 0.25) is 0 Å². The van der Waals surface area contributed by atoms with E-state index >= 15 is 0 Å². The zero-order valence-electron chi connectivity index (χ0n) is 9.26. The van der Waals surface area contributed by atoms with E-state index in [2.05, 4.69) is 6.58 Å². The molecule has 0 radical (unpaired) electrons. The normalized spacial score (nSPS) is 12.4. The maximum atomic E-state index is 9.93. The first-order valence-corrected chi connectivity index (χ1v) is 5.41. The van der Waals surface area contributed by atoms with Crippen LogP contribution >= 0.6 is 0 Å². The van der Waals surface area contributed by atoms with Crippen LogP contribution in [0.3, 0.4) is 0 Å². The summed E-state index contributed by atoms with van der Waals surface area (Å²) in [6, 6.07) is 4.90. The Kier molecular flexibility index (Phi) is 5.02. The Labute approximate surface area is 95.7 Å². The summed E-state index contributed by atoms with van der Waals surface area (Å²) in [5.74, 6) is 0.0303. The predicted molar refractivity (Wildman–Crippen MR) is 63.0 cm³/mol. The van der Waals surface area contributed by atoms with Crippen LogP contribution in [0.5, 0.6) is 5.75 Å². The number of benzene rings is 1. The van der Waals surface area contributed by atoms with E-state index in [9.17, 15) is 10.2 Å². The highest BCUT2D eigenvalue weighted by Gasteiger charge is 2.14. The average molecular weight is 222 g/mol. The zero-order valence-corrected chi connectivity index (χ0v) is 9.26. The van der Waals surface area contributed by atoms with Gasteiger partial charge in [0.1, 0.15) is 5.75 Å². The lowest BCUT2D eigenvalue weighted by Crippen LogP contribution is -2.02. The molecule has 0 aliphatic rings. The van der Waals surface area contributed by atoms with Crippen LogP contribution in [0.4, 0.5) is 0 Å². The minimum Gasteiger partial charge on any atom is -0.508 e. The molecule has 0 aliphatic carbocycles. The third kappa shape index (κ3) is 3.08. The van der Waals surface area contributed by atoms with Crippen LogP contribution in [0.15, 0.2) is 30.9 Å². The molecular formula is C13H18O3. The van der Waals surface area contributed by atoms with Gasteiger partial charge in [-0.05, 0) is 30.9 Å². The second-order valence-corrected chi connectivity index (χ2v) is 3.74. The molecule has 1 aromatic carbocycles. The first-order valence-electron chi connectivity index (χ1n) is 5.41. The summed E-state index contributed by atoms with van der Waals surface area (Å²) in [6.45, 7) is 3.35. The van der Waals surface area contributed by atoms with Gasteiger partial charge in [-0.3, -0.25) is 0 Å². The molecule has 3 N–H and O–H groups in total. The fraction of sp³-hybridized carbons (Fsp3) is 0.385. The van der Waals surface area contributed by atoms with Gasteiger partial charge in [-0.15, -0.1) is 6.58 Å². The topological polar surface area (TPSA) is 60.7 Å². The van der Waals surface area contributed by atoms with E-state index in [0.717, 1.165) is 12.8 Å². The van der Waals surface area contributed by atoms with Crippen LogP contribution in [-0.2, 0) is 6.61 Å². The fourth-order valence-corrected chi connectivity index (χ4v) is 1.69. The van der Waals surface area contributed by atoms with E-state index in [-0.39, 0.29) is 12.4 Å². The molecule has 0 saturated carbocycles. The number of unbranched alkanes of at least 4 members (excludes halogenated alkanes) is 1.